The van der Waals surface area contributed by atoms with E-state index in [9.17, 15) is 4.79 Å². The van der Waals surface area contributed by atoms with E-state index in [1.807, 2.05) is 13.0 Å². The fraction of sp³-hybridized carbons (Fsp3) is 0.667. The van der Waals surface area contributed by atoms with Gasteiger partial charge in [0, 0.05) is 6.20 Å². The quantitative estimate of drug-likeness (QED) is 0.632. The molecule has 1 amide bonds. The first-order valence-corrected chi connectivity index (χ1v) is 4.24. The summed E-state index contributed by atoms with van der Waals surface area (Å²) in [6.07, 6.45) is 3.40. The van der Waals surface area contributed by atoms with Gasteiger partial charge in [0.15, 0.2) is 0 Å². The molecule has 0 saturated carbocycles. The third kappa shape index (κ3) is 1.60. The van der Waals surface area contributed by atoms with Crippen molar-refractivity contribution in [2.75, 3.05) is 6.61 Å². The minimum Gasteiger partial charge on any atom is -0.447 e. The SMILES string of the molecule is C/C=C/N1C(=O)OC[C@@H]1C(C)C. The van der Waals surface area contributed by atoms with Crippen molar-refractivity contribution in [2.24, 2.45) is 5.92 Å². The number of rotatable bonds is 2. The summed E-state index contributed by atoms with van der Waals surface area (Å²) in [6.45, 7) is 6.58. The summed E-state index contributed by atoms with van der Waals surface area (Å²) in [5, 5.41) is 0. The number of carbonyl (C=O) groups is 1. The molecule has 1 fully saturated rings. The van der Waals surface area contributed by atoms with Crippen LogP contribution in [0.15, 0.2) is 12.3 Å². The van der Waals surface area contributed by atoms with E-state index in [2.05, 4.69) is 13.8 Å². The van der Waals surface area contributed by atoms with E-state index < -0.39 is 0 Å². The van der Waals surface area contributed by atoms with Crippen molar-refractivity contribution in [3.8, 4) is 0 Å². The second-order valence-corrected chi connectivity index (χ2v) is 3.28. The molecule has 68 valence electrons. The second-order valence-electron chi connectivity index (χ2n) is 3.28. The Morgan fingerprint density at radius 2 is 2.33 bits per heavy atom. The average molecular weight is 169 g/mol. The Bertz CT molecular complexity index is 199. The summed E-state index contributed by atoms with van der Waals surface area (Å²) in [5.41, 5.74) is 0. The molecule has 0 aromatic carbocycles. The smallest absolute Gasteiger partial charge is 0.414 e. The van der Waals surface area contributed by atoms with Crippen LogP contribution in [-0.2, 0) is 4.74 Å². The maximum Gasteiger partial charge on any atom is 0.414 e. The molecule has 0 spiro atoms. The van der Waals surface area contributed by atoms with Crippen molar-refractivity contribution in [3.05, 3.63) is 12.3 Å². The molecule has 12 heavy (non-hydrogen) atoms. The maximum atomic E-state index is 11.1. The number of amides is 1. The second kappa shape index (κ2) is 3.61. The van der Waals surface area contributed by atoms with Gasteiger partial charge in [-0.15, -0.1) is 0 Å². The fourth-order valence-electron chi connectivity index (χ4n) is 1.29. The van der Waals surface area contributed by atoms with E-state index >= 15 is 0 Å². The number of hydrogen-bond donors (Lipinski definition) is 0. The van der Waals surface area contributed by atoms with E-state index in [1.54, 1.807) is 11.1 Å². The molecule has 1 heterocycles. The molecule has 3 heteroatoms. The molecular formula is C9H15NO2. The molecule has 0 N–H and O–H groups in total. The van der Waals surface area contributed by atoms with Gasteiger partial charge in [-0.05, 0) is 12.8 Å². The summed E-state index contributed by atoms with van der Waals surface area (Å²) >= 11 is 0. The lowest BCUT2D eigenvalue weighted by Crippen LogP contribution is -2.32. The molecule has 1 saturated heterocycles. The van der Waals surface area contributed by atoms with Crippen LogP contribution < -0.4 is 0 Å². The first-order valence-electron chi connectivity index (χ1n) is 4.24. The zero-order valence-electron chi connectivity index (χ0n) is 7.78. The molecule has 1 aliphatic rings. The van der Waals surface area contributed by atoms with Crippen molar-refractivity contribution in [1.29, 1.82) is 0 Å². The Morgan fingerprint density at radius 3 is 2.83 bits per heavy atom. The first kappa shape index (κ1) is 9.10. The summed E-state index contributed by atoms with van der Waals surface area (Å²) in [7, 11) is 0. The van der Waals surface area contributed by atoms with Crippen molar-refractivity contribution in [2.45, 2.75) is 26.8 Å². The lowest BCUT2D eigenvalue weighted by atomic mass is 10.1. The van der Waals surface area contributed by atoms with Crippen LogP contribution in [0.4, 0.5) is 4.79 Å². The Balaban J connectivity index is 2.70. The highest BCUT2D eigenvalue weighted by molar-refractivity contribution is 5.71. The molecule has 0 aliphatic carbocycles. The lowest BCUT2D eigenvalue weighted by Gasteiger charge is -2.20. The first-order chi connectivity index (χ1) is 5.66. The predicted octanol–water partition coefficient (Wildman–Crippen LogP) is 2.00. The molecule has 0 radical (unpaired) electrons. The summed E-state index contributed by atoms with van der Waals surface area (Å²) < 4.78 is 4.93. The number of nitrogens with zero attached hydrogens (tertiary/aromatic N) is 1. The molecule has 1 atom stereocenters. The van der Waals surface area contributed by atoms with E-state index in [0.717, 1.165) is 0 Å². The van der Waals surface area contributed by atoms with Crippen LogP contribution in [0, 0.1) is 5.92 Å². The van der Waals surface area contributed by atoms with Gasteiger partial charge in [0.1, 0.15) is 6.61 Å². The third-order valence-electron chi connectivity index (χ3n) is 2.02. The average Bonchev–Trinajstić information content (AvgIpc) is 2.34. The highest BCUT2D eigenvalue weighted by Crippen LogP contribution is 2.19. The van der Waals surface area contributed by atoms with Gasteiger partial charge >= 0.3 is 6.09 Å². The molecule has 0 aromatic rings. The van der Waals surface area contributed by atoms with Gasteiger partial charge in [0.2, 0.25) is 0 Å². The topological polar surface area (TPSA) is 29.5 Å². The summed E-state index contributed by atoms with van der Waals surface area (Å²) in [4.78, 5) is 12.8. The zero-order chi connectivity index (χ0) is 9.14. The molecular weight excluding hydrogens is 154 g/mol. The van der Waals surface area contributed by atoms with Gasteiger partial charge in [0.25, 0.3) is 0 Å². The Kier molecular flexibility index (Phi) is 2.74. The minimum absolute atomic E-state index is 0.202. The molecule has 1 rings (SSSR count). The standard InChI is InChI=1S/C9H15NO2/c1-4-5-10-8(7(2)3)6-12-9(10)11/h4-5,7-8H,6H2,1-3H3/b5-4+/t8-/m1/s1. The van der Waals surface area contributed by atoms with E-state index in [4.69, 9.17) is 4.74 Å². The van der Waals surface area contributed by atoms with Crippen molar-refractivity contribution < 1.29 is 9.53 Å². The van der Waals surface area contributed by atoms with Gasteiger partial charge in [-0.25, -0.2) is 4.79 Å². The highest BCUT2D eigenvalue weighted by Gasteiger charge is 2.32. The van der Waals surface area contributed by atoms with Crippen LogP contribution in [0.2, 0.25) is 0 Å². The summed E-state index contributed by atoms with van der Waals surface area (Å²) in [5.74, 6) is 0.438. The Labute approximate surface area is 73.0 Å². The van der Waals surface area contributed by atoms with Gasteiger partial charge in [-0.1, -0.05) is 19.9 Å². The number of hydrogen-bond acceptors (Lipinski definition) is 2. The fourth-order valence-corrected chi connectivity index (χ4v) is 1.29. The highest BCUT2D eigenvalue weighted by atomic mass is 16.6. The largest absolute Gasteiger partial charge is 0.447 e. The van der Waals surface area contributed by atoms with Gasteiger partial charge in [-0.2, -0.15) is 0 Å². The Hall–Kier alpha value is -0.990. The Morgan fingerprint density at radius 1 is 1.67 bits per heavy atom. The normalized spacial score (nSPS) is 24.2. The van der Waals surface area contributed by atoms with Gasteiger partial charge in [0.05, 0.1) is 6.04 Å². The molecule has 0 bridgehead atoms. The van der Waals surface area contributed by atoms with Crippen LogP contribution in [0.5, 0.6) is 0 Å². The molecule has 0 aromatic heterocycles. The van der Waals surface area contributed by atoms with E-state index in [1.165, 1.54) is 0 Å². The molecule has 3 nitrogen and oxygen atoms in total. The molecule has 1 aliphatic heterocycles. The van der Waals surface area contributed by atoms with Crippen LogP contribution in [0.3, 0.4) is 0 Å². The predicted molar refractivity (Wildman–Crippen MR) is 46.6 cm³/mol. The van der Waals surface area contributed by atoms with Gasteiger partial charge < -0.3 is 4.74 Å². The van der Waals surface area contributed by atoms with Gasteiger partial charge in [-0.3, -0.25) is 4.90 Å². The van der Waals surface area contributed by atoms with Crippen molar-refractivity contribution in [1.82, 2.24) is 4.90 Å². The van der Waals surface area contributed by atoms with Crippen LogP contribution in [0.1, 0.15) is 20.8 Å². The van der Waals surface area contributed by atoms with E-state index in [-0.39, 0.29) is 12.1 Å². The molecule has 0 unspecified atom stereocenters. The lowest BCUT2D eigenvalue weighted by molar-refractivity contribution is 0.166. The van der Waals surface area contributed by atoms with Crippen LogP contribution in [-0.4, -0.2) is 23.6 Å². The third-order valence-corrected chi connectivity index (χ3v) is 2.02. The number of carbonyl (C=O) groups excluding carboxylic acids is 1. The zero-order valence-corrected chi connectivity index (χ0v) is 7.78. The minimum atomic E-state index is -0.230. The number of allylic oxidation sites excluding steroid dienone is 1. The number of ether oxygens (including phenoxy) is 1. The maximum absolute atomic E-state index is 11.1. The number of cyclic esters (lactones) is 1. The van der Waals surface area contributed by atoms with Crippen molar-refractivity contribution >= 4 is 6.09 Å². The van der Waals surface area contributed by atoms with Crippen molar-refractivity contribution in [3.63, 3.8) is 0 Å². The van der Waals surface area contributed by atoms with E-state index in [0.29, 0.717) is 12.5 Å². The monoisotopic (exact) mass is 169 g/mol. The van der Waals surface area contributed by atoms with Crippen LogP contribution >= 0.6 is 0 Å². The summed E-state index contributed by atoms with van der Waals surface area (Å²) in [6, 6.07) is 0.202. The van der Waals surface area contributed by atoms with Crippen LogP contribution in [0.25, 0.3) is 0 Å².